The second-order valence-electron chi connectivity index (χ2n) is 7.89. The summed E-state index contributed by atoms with van der Waals surface area (Å²) in [5, 5.41) is 2.35. The Morgan fingerprint density at radius 1 is 0.844 bits per heavy atom. The van der Waals surface area contributed by atoms with Gasteiger partial charge >= 0.3 is 18.0 Å². The van der Waals surface area contributed by atoms with Crippen molar-refractivity contribution in [2.24, 2.45) is 0 Å². The highest BCUT2D eigenvalue weighted by Gasteiger charge is 2.28. The molecule has 0 aliphatic rings. The Labute approximate surface area is 186 Å². The van der Waals surface area contributed by atoms with E-state index in [1.54, 1.807) is 69.3 Å². The number of ether oxygens (including phenoxy) is 2. The van der Waals surface area contributed by atoms with Crippen molar-refractivity contribution in [2.45, 2.75) is 45.4 Å². The van der Waals surface area contributed by atoms with E-state index in [1.165, 1.54) is 0 Å². The van der Waals surface area contributed by atoms with Crippen LogP contribution < -0.4 is 16.2 Å². The van der Waals surface area contributed by atoms with Gasteiger partial charge in [0.1, 0.15) is 18.2 Å². The van der Waals surface area contributed by atoms with Gasteiger partial charge in [-0.15, -0.1) is 0 Å². The summed E-state index contributed by atoms with van der Waals surface area (Å²) in [6.45, 7) is 4.89. The molecule has 1 atom stereocenters. The highest BCUT2D eigenvalue weighted by Crippen LogP contribution is 2.08. The first-order chi connectivity index (χ1) is 15.1. The van der Waals surface area contributed by atoms with Crippen LogP contribution in [0.4, 0.5) is 4.79 Å². The molecule has 170 valence electrons. The van der Waals surface area contributed by atoms with Crippen molar-refractivity contribution < 1.29 is 28.7 Å². The summed E-state index contributed by atoms with van der Waals surface area (Å²) >= 11 is 0. The number of nitrogens with one attached hydrogen (secondary N) is 3. The van der Waals surface area contributed by atoms with Gasteiger partial charge in [-0.05, 0) is 31.9 Å². The van der Waals surface area contributed by atoms with Crippen molar-refractivity contribution in [3.05, 3.63) is 71.8 Å². The molecule has 3 N–H and O–H groups in total. The molecule has 9 heteroatoms. The van der Waals surface area contributed by atoms with Crippen molar-refractivity contribution in [1.29, 1.82) is 0 Å². The van der Waals surface area contributed by atoms with Gasteiger partial charge in [0.2, 0.25) is 0 Å². The molecule has 1 unspecified atom stereocenters. The zero-order valence-electron chi connectivity index (χ0n) is 18.2. The number of hydrogen-bond donors (Lipinski definition) is 3. The largest absolute Gasteiger partial charge is 0.453 e. The van der Waals surface area contributed by atoms with Gasteiger partial charge < -0.3 is 14.8 Å². The lowest BCUT2D eigenvalue weighted by molar-refractivity contribution is -0.163. The smallest absolute Gasteiger partial charge is 0.426 e. The van der Waals surface area contributed by atoms with E-state index in [4.69, 9.17) is 9.47 Å². The molecule has 0 aromatic heterocycles. The van der Waals surface area contributed by atoms with E-state index in [0.29, 0.717) is 0 Å². The number of esters is 1. The second-order valence-corrected chi connectivity index (χ2v) is 7.89. The van der Waals surface area contributed by atoms with Crippen molar-refractivity contribution in [1.82, 2.24) is 16.2 Å². The Morgan fingerprint density at radius 2 is 1.41 bits per heavy atom. The Morgan fingerprint density at radius 3 is 1.97 bits per heavy atom. The maximum Gasteiger partial charge on any atom is 0.426 e. The zero-order chi connectivity index (χ0) is 23.6. The minimum Gasteiger partial charge on any atom is -0.453 e. The molecule has 0 aliphatic carbocycles. The summed E-state index contributed by atoms with van der Waals surface area (Å²) in [4.78, 5) is 48.7. The third-order valence-electron chi connectivity index (χ3n) is 3.99. The first-order valence-corrected chi connectivity index (χ1v) is 9.98. The highest BCUT2D eigenvalue weighted by atomic mass is 16.6. The van der Waals surface area contributed by atoms with E-state index < -0.39 is 35.5 Å². The van der Waals surface area contributed by atoms with Crippen LogP contribution in [0.2, 0.25) is 0 Å². The zero-order valence-corrected chi connectivity index (χ0v) is 18.2. The molecule has 0 fully saturated rings. The highest BCUT2D eigenvalue weighted by molar-refractivity contribution is 6.33. The van der Waals surface area contributed by atoms with Crippen LogP contribution in [-0.2, 0) is 36.9 Å². The van der Waals surface area contributed by atoms with Gasteiger partial charge in [-0.2, -0.15) is 0 Å². The third-order valence-corrected chi connectivity index (χ3v) is 3.99. The maximum atomic E-state index is 12.6. The topological polar surface area (TPSA) is 123 Å². The number of benzene rings is 2. The number of carbonyl (C=O) groups excluding carboxylic acids is 4. The van der Waals surface area contributed by atoms with Gasteiger partial charge in [0.25, 0.3) is 5.91 Å². The molecule has 0 heterocycles. The average molecular weight is 441 g/mol. The Hall–Kier alpha value is -3.88. The maximum absolute atomic E-state index is 12.6. The summed E-state index contributed by atoms with van der Waals surface area (Å²) in [5.74, 6) is -2.91. The van der Waals surface area contributed by atoms with Gasteiger partial charge in [0, 0.05) is 6.42 Å². The molecule has 32 heavy (non-hydrogen) atoms. The summed E-state index contributed by atoms with van der Waals surface area (Å²) in [7, 11) is 0. The summed E-state index contributed by atoms with van der Waals surface area (Å²) in [6, 6.07) is 16.8. The van der Waals surface area contributed by atoms with Crippen LogP contribution in [0, 0.1) is 0 Å². The molecule has 9 nitrogen and oxygen atoms in total. The SMILES string of the molecule is CC(C)(C)OC(=O)C(=O)NC(Cc1ccccc1)C(=O)NNC(=O)OCc1ccccc1. The Kier molecular flexibility index (Phi) is 8.76. The van der Waals surface area contributed by atoms with Gasteiger partial charge in [0.15, 0.2) is 0 Å². The number of carbonyl (C=O) groups is 4. The van der Waals surface area contributed by atoms with E-state index in [9.17, 15) is 19.2 Å². The fraction of sp³-hybridized carbons (Fsp3) is 0.304. The molecule has 0 aliphatic heterocycles. The van der Waals surface area contributed by atoms with E-state index in [1.807, 2.05) is 12.1 Å². The lowest BCUT2D eigenvalue weighted by Gasteiger charge is -2.21. The van der Waals surface area contributed by atoms with Crippen molar-refractivity contribution in [3.8, 4) is 0 Å². The van der Waals surface area contributed by atoms with Gasteiger partial charge in [-0.3, -0.25) is 15.0 Å². The van der Waals surface area contributed by atoms with Crippen LogP contribution in [0.5, 0.6) is 0 Å². The molecule has 2 aromatic rings. The minimum atomic E-state index is -1.15. The molecule has 0 saturated carbocycles. The van der Waals surface area contributed by atoms with E-state index in [-0.39, 0.29) is 13.0 Å². The van der Waals surface area contributed by atoms with Crippen LogP contribution in [-0.4, -0.2) is 35.5 Å². The molecule has 2 aromatic carbocycles. The third kappa shape index (κ3) is 8.86. The lowest BCUT2D eigenvalue weighted by Crippen LogP contribution is -2.54. The standard InChI is InChI=1S/C23H27N3O6/c1-23(2,3)32-21(29)20(28)24-18(14-16-10-6-4-7-11-16)19(27)25-26-22(30)31-15-17-12-8-5-9-13-17/h4-13,18H,14-15H2,1-3H3,(H,24,28)(H,25,27)(H,26,30). The van der Waals surface area contributed by atoms with Gasteiger partial charge in [-0.25, -0.2) is 15.0 Å². The van der Waals surface area contributed by atoms with Crippen LogP contribution in [0.1, 0.15) is 31.9 Å². The second kappa shape index (κ2) is 11.5. The summed E-state index contributed by atoms with van der Waals surface area (Å²) in [6.07, 6.45) is -0.791. The molecule has 0 radical (unpaired) electrons. The monoisotopic (exact) mass is 441 g/mol. The molecule has 2 rings (SSSR count). The van der Waals surface area contributed by atoms with Crippen molar-refractivity contribution in [2.75, 3.05) is 0 Å². The van der Waals surface area contributed by atoms with E-state index in [2.05, 4.69) is 16.2 Å². The molecular formula is C23H27N3O6. The number of hydrogen-bond acceptors (Lipinski definition) is 6. The first kappa shape index (κ1) is 24.4. The number of amides is 3. The fourth-order valence-corrected chi connectivity index (χ4v) is 2.56. The average Bonchev–Trinajstić information content (AvgIpc) is 2.75. The van der Waals surface area contributed by atoms with Crippen LogP contribution in [0.25, 0.3) is 0 Å². The van der Waals surface area contributed by atoms with Gasteiger partial charge in [0.05, 0.1) is 0 Å². The van der Waals surface area contributed by atoms with Crippen LogP contribution in [0.15, 0.2) is 60.7 Å². The molecule has 0 spiro atoms. The normalized spacial score (nSPS) is 11.6. The van der Waals surface area contributed by atoms with Crippen molar-refractivity contribution >= 4 is 23.9 Å². The first-order valence-electron chi connectivity index (χ1n) is 9.98. The predicted molar refractivity (Wildman–Crippen MR) is 116 cm³/mol. The fourth-order valence-electron chi connectivity index (χ4n) is 2.56. The van der Waals surface area contributed by atoms with Crippen LogP contribution in [0.3, 0.4) is 0 Å². The quantitative estimate of drug-likeness (QED) is 0.358. The molecular weight excluding hydrogens is 414 g/mol. The number of hydrazine groups is 1. The minimum absolute atomic E-state index is 0.0192. The van der Waals surface area contributed by atoms with E-state index in [0.717, 1.165) is 11.1 Å². The summed E-state index contributed by atoms with van der Waals surface area (Å²) < 4.78 is 10.1. The number of rotatable bonds is 6. The predicted octanol–water partition coefficient (Wildman–Crippen LogP) is 2.01. The summed E-state index contributed by atoms with van der Waals surface area (Å²) in [5.41, 5.74) is 4.99. The van der Waals surface area contributed by atoms with Crippen molar-refractivity contribution in [3.63, 3.8) is 0 Å². The molecule has 0 bridgehead atoms. The Balaban J connectivity index is 1.96. The van der Waals surface area contributed by atoms with Crippen LogP contribution >= 0.6 is 0 Å². The molecule has 3 amide bonds. The Bertz CT molecular complexity index is 926. The van der Waals surface area contributed by atoms with Gasteiger partial charge in [-0.1, -0.05) is 60.7 Å². The molecule has 0 saturated heterocycles. The van der Waals surface area contributed by atoms with E-state index >= 15 is 0 Å². The lowest BCUT2D eigenvalue weighted by atomic mass is 10.1.